The Morgan fingerprint density at radius 3 is 2.33 bits per heavy atom. The lowest BCUT2D eigenvalue weighted by Crippen LogP contribution is -2.39. The number of phosphoric acid groups is 1. The van der Waals surface area contributed by atoms with Crippen molar-refractivity contribution in [1.82, 2.24) is 29.1 Å². The van der Waals surface area contributed by atoms with Crippen molar-refractivity contribution in [3.63, 3.8) is 0 Å². The fourth-order valence-electron chi connectivity index (χ4n) is 5.28. The lowest BCUT2D eigenvalue weighted by molar-refractivity contribution is -0.0615. The van der Waals surface area contributed by atoms with Gasteiger partial charge in [-0.05, 0) is 12.1 Å². The molecule has 0 aliphatic carbocycles. The molecule has 3 aliphatic heterocycles. The number of para-hydroxylation sites is 2. The molecule has 0 saturated carbocycles. The van der Waals surface area contributed by atoms with Crippen molar-refractivity contribution in [3.8, 4) is 0 Å². The number of rotatable bonds is 2. The van der Waals surface area contributed by atoms with Gasteiger partial charge in [-0.15, -0.1) is 0 Å². The van der Waals surface area contributed by atoms with Crippen LogP contribution in [-0.2, 0) is 36.7 Å². The highest BCUT2D eigenvalue weighted by atomic mass is 31.2. The average Bonchev–Trinajstić information content (AvgIpc) is 3.72. The molecule has 7 rings (SSSR count). The number of fused-ring (bicyclic) bond motifs is 4. The molecule has 5 N–H and O–H groups in total. The predicted molar refractivity (Wildman–Crippen MR) is 149 cm³/mol. The lowest BCUT2D eigenvalue weighted by Gasteiger charge is -2.31. The molecule has 1 aromatic carbocycles. The van der Waals surface area contributed by atoms with Gasteiger partial charge in [0.1, 0.15) is 55.9 Å². The largest absolute Gasteiger partial charge is 1.00 e. The van der Waals surface area contributed by atoms with Crippen LogP contribution in [0.25, 0.3) is 22.2 Å². The number of aromatic nitrogens is 6. The number of anilines is 1. The second-order valence-corrected chi connectivity index (χ2v) is 12.1. The Balaban J connectivity index is 0.00000343. The summed E-state index contributed by atoms with van der Waals surface area (Å²) in [5.41, 5.74) is 7.68. The Kier molecular flexibility index (Phi) is 7.19. The molecule has 0 spiro atoms. The first-order chi connectivity index (χ1) is 20.5. The van der Waals surface area contributed by atoms with Crippen molar-refractivity contribution in [2.24, 2.45) is 0 Å². The van der Waals surface area contributed by atoms with Crippen LogP contribution in [0.15, 0.2) is 43.2 Å². The number of imidazole rings is 2. The van der Waals surface area contributed by atoms with Crippen molar-refractivity contribution < 1.29 is 53.2 Å². The molecule has 230 valence electrons. The van der Waals surface area contributed by atoms with Crippen LogP contribution in [0.2, 0.25) is 0 Å². The Morgan fingerprint density at radius 1 is 0.907 bits per heavy atom. The van der Waals surface area contributed by atoms with Gasteiger partial charge in [0.15, 0.2) is 23.9 Å². The average molecular weight is 639 g/mol. The van der Waals surface area contributed by atoms with E-state index in [0.29, 0.717) is 11.0 Å². The molecule has 3 aromatic heterocycles. The number of aliphatic hydroxyl groups excluding tert-OH is 2. The summed E-state index contributed by atoms with van der Waals surface area (Å²) in [6.07, 6.45) is -6.18. The summed E-state index contributed by atoms with van der Waals surface area (Å²) >= 11 is 0. The molecule has 3 aliphatic rings. The summed E-state index contributed by atoms with van der Waals surface area (Å²) < 4.78 is 64.0. The number of hydrogen-bond acceptors (Lipinski definition) is 15. The van der Waals surface area contributed by atoms with Crippen molar-refractivity contribution >= 4 is 50.9 Å². The van der Waals surface area contributed by atoms with Gasteiger partial charge in [-0.1, -0.05) is 12.1 Å². The standard InChI is InChI=1S/C22H27BN7O11P2/c23-42(33)36-5-12-18(16(32)21(38-12)29-8-27-10-3-1-2-4-11(10)29)41-43(34,35)37-6-13-17(40-42)15(31)22(39-13)30-9-28-14-19(24)25-7-26-20(14)30/h1-4,7-9,12-13,15-18,21-22,31-32H,5-6H2,23H3,(H,34,35)(H2,24,25,26)/q-1/p+1/t12-,13-,15+,16+,17?,18?,21-,22-,42?/m1/s1. The summed E-state index contributed by atoms with van der Waals surface area (Å²) in [4.78, 5) is 27.2. The molecule has 3 fully saturated rings. The van der Waals surface area contributed by atoms with Crippen molar-refractivity contribution in [2.45, 2.75) is 49.1 Å². The number of hydrogen-bond donors (Lipinski definition) is 4. The van der Waals surface area contributed by atoms with Crippen LogP contribution in [-0.4, -0.2) is 102 Å². The van der Waals surface area contributed by atoms with E-state index in [-0.39, 0.29) is 18.4 Å². The zero-order valence-corrected chi connectivity index (χ0v) is 23.1. The van der Waals surface area contributed by atoms with E-state index in [1.54, 1.807) is 28.8 Å². The number of phosphoric ester groups is 1. The normalized spacial score (nSPS) is 38.9. The second kappa shape index (κ2) is 10.7. The van der Waals surface area contributed by atoms with Crippen molar-refractivity contribution in [3.05, 3.63) is 43.2 Å². The molecule has 6 heterocycles. The van der Waals surface area contributed by atoms with Gasteiger partial charge >= 0.3 is 9.25 Å². The van der Waals surface area contributed by atoms with Gasteiger partial charge in [0, 0.05) is 0 Å². The summed E-state index contributed by atoms with van der Waals surface area (Å²) in [5.74, 6) is 0.112. The summed E-state index contributed by atoms with van der Waals surface area (Å²) in [7, 11) is -9.74. The third kappa shape index (κ3) is 5.20. The Hall–Kier alpha value is -2.80. The smallest absolute Gasteiger partial charge is 0.386 e. The van der Waals surface area contributed by atoms with E-state index >= 15 is 0 Å². The lowest BCUT2D eigenvalue weighted by atomic mass is 10.1. The first-order valence-electron chi connectivity index (χ1n) is 12.6. The monoisotopic (exact) mass is 639 g/mol. The molecule has 3 saturated heterocycles. The highest BCUT2D eigenvalue weighted by Crippen LogP contribution is 2.53. The van der Waals surface area contributed by atoms with Gasteiger partial charge in [0.05, 0.1) is 44.5 Å². The van der Waals surface area contributed by atoms with E-state index in [1.165, 1.54) is 23.5 Å². The molecule has 0 bridgehead atoms. The molecule has 4 unspecified atom stereocenters. The van der Waals surface area contributed by atoms with Gasteiger partial charge < -0.3 is 48.5 Å². The quantitative estimate of drug-likeness (QED) is 0.159. The number of nitrogens with zero attached hydrogens (tertiary/aromatic N) is 6. The fraction of sp³-hybridized carbons (Fsp3) is 0.455. The number of ether oxygens (including phenoxy) is 2. The van der Waals surface area contributed by atoms with Gasteiger partial charge in [-0.3, -0.25) is 13.6 Å². The topological polar surface area (TPSA) is 238 Å². The summed E-state index contributed by atoms with van der Waals surface area (Å²) in [6, 6.07) is 7.15. The fourth-order valence-corrected chi connectivity index (χ4v) is 7.03. The van der Waals surface area contributed by atoms with Crippen molar-refractivity contribution in [1.29, 1.82) is 0 Å². The van der Waals surface area contributed by atoms with E-state index in [9.17, 15) is 24.2 Å². The highest BCUT2D eigenvalue weighted by Gasteiger charge is 2.52. The van der Waals surface area contributed by atoms with E-state index in [2.05, 4.69) is 19.9 Å². The Morgan fingerprint density at radius 2 is 1.56 bits per heavy atom. The molecule has 21 heteroatoms. The third-order valence-electron chi connectivity index (χ3n) is 7.24. The Labute approximate surface area is 244 Å². The number of nitrogen functional groups attached to an aromatic ring is 1. The van der Waals surface area contributed by atoms with Crippen molar-refractivity contribution in [2.75, 3.05) is 18.9 Å². The van der Waals surface area contributed by atoms with Crippen LogP contribution in [0.1, 0.15) is 13.9 Å². The maximum Gasteiger partial charge on any atom is 1.00 e. The first kappa shape index (κ1) is 28.9. The first-order valence-corrected chi connectivity index (χ1v) is 15.2. The van der Waals surface area contributed by atoms with Crippen LogP contribution in [0.3, 0.4) is 0 Å². The van der Waals surface area contributed by atoms with Crippen LogP contribution in [0.4, 0.5) is 5.82 Å². The number of benzene rings is 1. The SMILES string of the molecule is [BH3-]P1(=O)OC[C@H]2O[C@@H](n3cnc4ccccc43)[C@@H](O)C2OP(=O)(O)OC[C@H]2O[C@@H](n3cnc4c(N)ncnc43)[C@@H](O)C2O1.[H+]. The van der Waals surface area contributed by atoms with E-state index in [0.717, 1.165) is 0 Å². The Bertz CT molecular complexity index is 1780. The molecular weight excluding hydrogens is 611 g/mol. The molecule has 10 atom stereocenters. The molecule has 18 nitrogen and oxygen atoms in total. The van der Waals surface area contributed by atoms with Gasteiger partial charge in [0.25, 0.3) is 0 Å². The maximum atomic E-state index is 13.6. The van der Waals surface area contributed by atoms with Gasteiger partial charge in [-0.2, -0.15) is 0 Å². The van der Waals surface area contributed by atoms with E-state index in [1.807, 2.05) is 0 Å². The molecule has 43 heavy (non-hydrogen) atoms. The molecule has 0 amide bonds. The van der Waals surface area contributed by atoms with Crippen LogP contribution in [0, 0.1) is 0 Å². The summed E-state index contributed by atoms with van der Waals surface area (Å²) in [6.45, 7) is -1.02. The molecular formula is C22H28BN7O11P2. The van der Waals surface area contributed by atoms with Crippen LogP contribution < -0.4 is 5.73 Å². The number of nitrogens with two attached hydrogens (primary N) is 1. The number of aliphatic hydroxyl groups is 2. The van der Waals surface area contributed by atoms with Gasteiger partial charge in [0.2, 0.25) is 0 Å². The van der Waals surface area contributed by atoms with Crippen LogP contribution in [0.5, 0.6) is 0 Å². The highest BCUT2D eigenvalue weighted by molar-refractivity contribution is 7.79. The van der Waals surface area contributed by atoms with E-state index < -0.39 is 85.2 Å². The minimum atomic E-state index is -4.87. The summed E-state index contributed by atoms with van der Waals surface area (Å²) in [5, 5.41) is 22.5. The van der Waals surface area contributed by atoms with Gasteiger partial charge in [-0.25, -0.2) is 24.5 Å². The minimum absolute atomic E-state index is 0. The maximum absolute atomic E-state index is 13.6. The zero-order chi connectivity index (χ0) is 30.1. The zero-order valence-electron chi connectivity index (χ0n) is 22.3. The molecule has 4 aromatic rings. The predicted octanol–water partition coefficient (Wildman–Crippen LogP) is -0.521. The minimum Gasteiger partial charge on any atom is -0.386 e. The second-order valence-electron chi connectivity index (χ2n) is 9.76. The molecule has 0 radical (unpaired) electrons. The van der Waals surface area contributed by atoms with E-state index in [4.69, 9.17) is 33.3 Å². The van der Waals surface area contributed by atoms with Crippen LogP contribution >= 0.6 is 15.3 Å². The third-order valence-corrected chi connectivity index (χ3v) is 9.00.